The Morgan fingerprint density at radius 3 is 2.21 bits per heavy atom. The van der Waals surface area contributed by atoms with E-state index in [0.29, 0.717) is 23.6 Å². The van der Waals surface area contributed by atoms with Crippen LogP contribution in [-0.2, 0) is 35.2 Å². The molecule has 0 radical (unpaired) electrons. The van der Waals surface area contributed by atoms with Crippen molar-refractivity contribution in [2.24, 2.45) is 11.7 Å². The highest BCUT2D eigenvalue weighted by molar-refractivity contribution is 7.98. The van der Waals surface area contributed by atoms with Gasteiger partial charge in [-0.3, -0.25) is 33.6 Å². The van der Waals surface area contributed by atoms with Gasteiger partial charge in [0.05, 0.1) is 25.2 Å². The van der Waals surface area contributed by atoms with Gasteiger partial charge in [-0.15, -0.1) is 11.3 Å². The number of carbonyl (C=O) groups is 7. The summed E-state index contributed by atoms with van der Waals surface area (Å²) in [4.78, 5) is 94.7. The largest absolute Gasteiger partial charge is 0.481 e. The summed E-state index contributed by atoms with van der Waals surface area (Å²) < 4.78 is 0. The van der Waals surface area contributed by atoms with Crippen molar-refractivity contribution < 1.29 is 38.7 Å². The molecule has 18 heteroatoms. The number of carboxylic acid groups (broad SMARTS) is 1. The average Bonchev–Trinajstić information content (AvgIpc) is 3.60. The molecule has 1 aromatic heterocycles. The molecule has 1 aliphatic heterocycles. The normalized spacial score (nSPS) is 22.2. The molecular formula is C35H52N8O8S2. The summed E-state index contributed by atoms with van der Waals surface area (Å²) in [6.45, 7) is 7.35. The topological polar surface area (TPSA) is 242 Å². The van der Waals surface area contributed by atoms with Gasteiger partial charge in [0, 0.05) is 18.8 Å². The highest BCUT2D eigenvalue weighted by Gasteiger charge is 2.31. The Kier molecular flexibility index (Phi) is 18.9. The van der Waals surface area contributed by atoms with E-state index in [4.69, 9.17) is 15.6 Å². The van der Waals surface area contributed by atoms with Crippen LogP contribution < -0.4 is 32.3 Å². The molecule has 2 heterocycles. The smallest absolute Gasteiger partial charge is 0.300 e. The van der Waals surface area contributed by atoms with E-state index in [1.54, 1.807) is 12.3 Å². The van der Waals surface area contributed by atoms with E-state index in [1.807, 2.05) is 50.4 Å². The first kappa shape index (κ1) is 44.6. The number of nitrogens with one attached hydrogen (secondary N) is 5. The van der Waals surface area contributed by atoms with E-state index >= 15 is 0 Å². The van der Waals surface area contributed by atoms with E-state index in [0.717, 1.165) is 12.5 Å². The molecule has 0 saturated carbocycles. The molecule has 0 unspecified atom stereocenters. The second kappa shape index (κ2) is 22.5. The molecule has 0 spiro atoms. The minimum Gasteiger partial charge on any atom is -0.481 e. The van der Waals surface area contributed by atoms with Crippen LogP contribution in [0.2, 0.25) is 0 Å². The van der Waals surface area contributed by atoms with Crippen molar-refractivity contribution in [3.05, 3.63) is 52.0 Å². The van der Waals surface area contributed by atoms with E-state index in [9.17, 15) is 28.8 Å². The van der Waals surface area contributed by atoms with Crippen LogP contribution in [0, 0.1) is 5.92 Å². The van der Waals surface area contributed by atoms with E-state index in [-0.39, 0.29) is 37.7 Å². The summed E-state index contributed by atoms with van der Waals surface area (Å²) in [5.74, 6) is -3.57. The van der Waals surface area contributed by atoms with Crippen molar-refractivity contribution in [1.29, 1.82) is 0 Å². The number of carboxylic acids is 1. The number of hydrogen-bond acceptors (Lipinski definition) is 11. The molecule has 292 valence electrons. The number of fused-ring (bicyclic) bond motifs is 2. The van der Waals surface area contributed by atoms with Crippen molar-refractivity contribution in [1.82, 2.24) is 36.5 Å². The Bertz CT molecular complexity index is 1550. The van der Waals surface area contributed by atoms with Gasteiger partial charge in [-0.05, 0) is 49.7 Å². The average molecular weight is 777 g/mol. The zero-order valence-electron chi connectivity index (χ0n) is 31.0. The van der Waals surface area contributed by atoms with Crippen LogP contribution in [0.15, 0.2) is 35.7 Å². The SMILES string of the molecule is CC(=O)O.CC[C@@H]1NC(=O)[C@@H](C)NC(=O)c2csc(n2)[C@H](C(C)C)NC(=O)CN(C(=O)CN)C[C@H](Cc2ccccc2)NC(=O)[C@H](CCSC)NC1=O. The second-order valence-corrected chi connectivity index (χ2v) is 14.6. The summed E-state index contributed by atoms with van der Waals surface area (Å²) in [5, 5.41) is 23.5. The maximum atomic E-state index is 13.8. The Morgan fingerprint density at radius 1 is 1.00 bits per heavy atom. The van der Waals surface area contributed by atoms with E-state index in [1.165, 1.54) is 34.9 Å². The molecular weight excluding hydrogens is 725 g/mol. The number of rotatable bonds is 8. The number of aliphatic carboxylic acids is 1. The lowest BCUT2D eigenvalue weighted by Gasteiger charge is -2.30. The zero-order valence-corrected chi connectivity index (χ0v) is 32.6. The fourth-order valence-corrected chi connectivity index (χ4v) is 6.71. The molecule has 3 rings (SSSR count). The Morgan fingerprint density at radius 2 is 1.62 bits per heavy atom. The predicted octanol–water partition coefficient (Wildman–Crippen LogP) is 0.827. The monoisotopic (exact) mass is 776 g/mol. The van der Waals surface area contributed by atoms with Crippen LogP contribution in [0.25, 0.3) is 0 Å². The fraction of sp³-hybridized carbons (Fsp3) is 0.543. The van der Waals surface area contributed by atoms with Crippen molar-refractivity contribution in [2.75, 3.05) is 31.6 Å². The standard InChI is InChI=1S/C33H48N8O6S2.C2H4O2/c1-6-23-30(45)38-24(12-13-48-5)31(46)36-22(14-21-10-8-7-9-11-21)16-41(27(43)15-34)17-26(42)40-28(19(2)3)33-39-25(18-49-33)32(47)35-20(4)29(44)37-23;1-2(3)4/h7-11,18-20,22-24,28H,6,12-17,34H2,1-5H3,(H,35,47)(H,36,46)(H,37,44)(H,38,45)(H,40,42);1H3,(H,3,4)/t20-,22+,23+,24+,28+;/m1./s1. The quantitative estimate of drug-likeness (QED) is 0.198. The third-order valence-corrected chi connectivity index (χ3v) is 9.58. The molecule has 53 heavy (non-hydrogen) atoms. The fourth-order valence-electron chi connectivity index (χ4n) is 5.21. The van der Waals surface area contributed by atoms with Gasteiger partial charge in [0.15, 0.2) is 0 Å². The molecule has 2 bridgehead atoms. The molecule has 0 aliphatic carbocycles. The van der Waals surface area contributed by atoms with Gasteiger partial charge >= 0.3 is 0 Å². The van der Waals surface area contributed by atoms with Crippen LogP contribution in [0.3, 0.4) is 0 Å². The van der Waals surface area contributed by atoms with Gasteiger partial charge in [-0.25, -0.2) is 4.98 Å². The Balaban J connectivity index is 0.00000231. The molecule has 1 aromatic carbocycles. The van der Waals surface area contributed by atoms with Crippen LogP contribution in [0.1, 0.15) is 74.6 Å². The number of thioether (sulfide) groups is 1. The lowest BCUT2D eigenvalue weighted by molar-refractivity contribution is -0.136. The second-order valence-electron chi connectivity index (χ2n) is 12.8. The van der Waals surface area contributed by atoms with Gasteiger partial charge in [0.25, 0.3) is 11.9 Å². The summed E-state index contributed by atoms with van der Waals surface area (Å²) in [5.41, 5.74) is 6.72. The summed E-state index contributed by atoms with van der Waals surface area (Å²) in [6.07, 6.45) is 2.74. The van der Waals surface area contributed by atoms with E-state index in [2.05, 4.69) is 31.6 Å². The zero-order chi connectivity index (χ0) is 39.7. The van der Waals surface area contributed by atoms with Crippen molar-refractivity contribution >= 4 is 64.5 Å². The highest BCUT2D eigenvalue weighted by Crippen LogP contribution is 2.25. The minimum absolute atomic E-state index is 0.0350. The minimum atomic E-state index is -1.00. The van der Waals surface area contributed by atoms with Gasteiger partial charge in [-0.2, -0.15) is 11.8 Å². The van der Waals surface area contributed by atoms with Crippen molar-refractivity contribution in [2.45, 2.75) is 84.1 Å². The number of nitrogens with zero attached hydrogens (tertiary/aromatic N) is 2. The maximum Gasteiger partial charge on any atom is 0.300 e. The van der Waals surface area contributed by atoms with Crippen LogP contribution in [-0.4, -0.2) is 112 Å². The molecule has 5 atom stereocenters. The highest BCUT2D eigenvalue weighted by atomic mass is 32.2. The molecule has 2 aromatic rings. The number of benzene rings is 1. The number of thiazole rings is 1. The van der Waals surface area contributed by atoms with Crippen molar-refractivity contribution in [3.8, 4) is 0 Å². The molecule has 0 saturated heterocycles. The molecule has 0 fully saturated rings. The van der Waals surface area contributed by atoms with Gasteiger partial charge < -0.3 is 42.3 Å². The summed E-state index contributed by atoms with van der Waals surface area (Å²) in [6, 6.07) is 5.22. The lowest BCUT2D eigenvalue weighted by Crippen LogP contribution is -2.58. The Hall–Kier alpha value is -4.55. The lowest BCUT2D eigenvalue weighted by atomic mass is 10.0. The van der Waals surface area contributed by atoms with Crippen LogP contribution in [0.4, 0.5) is 0 Å². The van der Waals surface area contributed by atoms with E-state index < -0.39 is 71.6 Å². The van der Waals surface area contributed by atoms with Crippen LogP contribution >= 0.6 is 23.1 Å². The first-order chi connectivity index (χ1) is 25.1. The summed E-state index contributed by atoms with van der Waals surface area (Å²) >= 11 is 2.69. The predicted molar refractivity (Wildman–Crippen MR) is 203 cm³/mol. The molecule has 6 amide bonds. The van der Waals surface area contributed by atoms with Crippen molar-refractivity contribution in [3.63, 3.8) is 0 Å². The van der Waals surface area contributed by atoms with Gasteiger partial charge in [-0.1, -0.05) is 51.1 Å². The van der Waals surface area contributed by atoms with Gasteiger partial charge in [0.1, 0.15) is 28.8 Å². The number of nitrogens with two attached hydrogens (primary N) is 1. The first-order valence-electron chi connectivity index (χ1n) is 17.3. The molecule has 8 N–H and O–H groups in total. The maximum absolute atomic E-state index is 13.8. The molecule has 16 nitrogen and oxygen atoms in total. The number of amides is 6. The van der Waals surface area contributed by atoms with Gasteiger partial charge in [0.2, 0.25) is 29.5 Å². The Labute approximate surface area is 318 Å². The number of hydrogen-bond donors (Lipinski definition) is 7. The number of carbonyl (C=O) groups excluding carboxylic acids is 6. The summed E-state index contributed by atoms with van der Waals surface area (Å²) in [7, 11) is 0. The molecule has 1 aliphatic rings. The third kappa shape index (κ3) is 15.1. The first-order valence-corrected chi connectivity index (χ1v) is 19.5. The third-order valence-electron chi connectivity index (χ3n) is 8.00. The number of aromatic nitrogens is 1. The van der Waals surface area contributed by atoms with Crippen LogP contribution in [0.5, 0.6) is 0 Å².